The first-order valence-electron chi connectivity index (χ1n) is 7.91. The fourth-order valence-electron chi connectivity index (χ4n) is 2.92. The third kappa shape index (κ3) is 3.72. The van der Waals surface area contributed by atoms with Gasteiger partial charge in [-0.3, -0.25) is 9.48 Å². The minimum absolute atomic E-state index is 0.125. The van der Waals surface area contributed by atoms with Gasteiger partial charge in [-0.1, -0.05) is 0 Å². The molecule has 3 heterocycles. The minimum Gasteiger partial charge on any atom is -0.396 e. The number of hydrogen-bond acceptors (Lipinski definition) is 4. The van der Waals surface area contributed by atoms with Gasteiger partial charge >= 0.3 is 6.18 Å². The molecule has 2 aromatic rings. The molecule has 0 bridgehead atoms. The maximum Gasteiger partial charge on any atom is 0.433 e. The number of aliphatic hydroxyl groups is 1. The molecule has 1 aliphatic heterocycles. The fraction of sp³-hybridized carbons (Fsp3) is 0.500. The first-order valence-corrected chi connectivity index (χ1v) is 8.73. The molecule has 9 heteroatoms. The highest BCUT2D eigenvalue weighted by molar-refractivity contribution is 7.17. The number of carbonyl (C=O) groups is 1. The number of piperidine rings is 1. The number of aryl methyl sites for hydroxylation is 1. The molecule has 0 saturated carbocycles. The van der Waals surface area contributed by atoms with E-state index in [0.717, 1.165) is 34.9 Å². The lowest BCUT2D eigenvalue weighted by molar-refractivity contribution is -0.143. The van der Waals surface area contributed by atoms with E-state index in [1.165, 1.54) is 7.05 Å². The molecule has 5 nitrogen and oxygen atoms in total. The highest BCUT2D eigenvalue weighted by Gasteiger charge is 2.35. The van der Waals surface area contributed by atoms with Crippen LogP contribution in [0.2, 0.25) is 0 Å². The zero-order valence-corrected chi connectivity index (χ0v) is 14.4. The lowest BCUT2D eigenvalue weighted by Gasteiger charge is -2.30. The van der Waals surface area contributed by atoms with E-state index in [-0.39, 0.29) is 24.1 Å². The van der Waals surface area contributed by atoms with Crippen molar-refractivity contribution in [2.75, 3.05) is 19.7 Å². The van der Waals surface area contributed by atoms with Crippen molar-refractivity contribution < 1.29 is 23.1 Å². The van der Waals surface area contributed by atoms with Crippen molar-refractivity contribution >= 4 is 17.2 Å². The lowest BCUT2D eigenvalue weighted by atomic mass is 9.98. The molecule has 25 heavy (non-hydrogen) atoms. The smallest absolute Gasteiger partial charge is 0.396 e. The molecule has 1 aliphatic rings. The number of amides is 1. The summed E-state index contributed by atoms with van der Waals surface area (Å²) in [6, 6.07) is 4.25. The Balaban J connectivity index is 1.76. The van der Waals surface area contributed by atoms with Crippen molar-refractivity contribution in [3.05, 3.63) is 28.8 Å². The van der Waals surface area contributed by atoms with Crippen molar-refractivity contribution in [2.24, 2.45) is 13.0 Å². The van der Waals surface area contributed by atoms with E-state index < -0.39 is 11.9 Å². The summed E-state index contributed by atoms with van der Waals surface area (Å²) in [5.41, 5.74) is -0.618. The van der Waals surface area contributed by atoms with Gasteiger partial charge in [-0.2, -0.15) is 18.3 Å². The zero-order chi connectivity index (χ0) is 18.2. The molecule has 1 N–H and O–H groups in total. The van der Waals surface area contributed by atoms with E-state index in [0.29, 0.717) is 22.8 Å². The van der Waals surface area contributed by atoms with Crippen LogP contribution in [0.5, 0.6) is 0 Å². The Morgan fingerprint density at radius 1 is 1.36 bits per heavy atom. The molecule has 1 fully saturated rings. The molecule has 0 radical (unpaired) electrons. The number of halogens is 3. The summed E-state index contributed by atoms with van der Waals surface area (Å²) < 4.78 is 39.4. The summed E-state index contributed by atoms with van der Waals surface area (Å²) >= 11 is 1.14. The van der Waals surface area contributed by atoms with Crippen LogP contribution >= 0.6 is 11.3 Å². The second kappa shape index (κ2) is 6.80. The average molecular weight is 373 g/mol. The van der Waals surface area contributed by atoms with Gasteiger partial charge in [0.2, 0.25) is 0 Å². The topological polar surface area (TPSA) is 58.4 Å². The standard InChI is InChI=1S/C16H18F3N3O2S/c1-21-14(16(17,18)19)8-11(20-21)12-2-3-13(25-12)15(24)22-6-4-10(9-23)5-7-22/h2-3,8,10,23H,4-7,9H2,1H3. The molecule has 0 unspecified atom stereocenters. The second-order valence-electron chi connectivity index (χ2n) is 6.12. The normalized spacial score (nSPS) is 16.4. The monoisotopic (exact) mass is 373 g/mol. The molecular formula is C16H18F3N3O2S. The summed E-state index contributed by atoms with van der Waals surface area (Å²) in [6.07, 6.45) is -2.95. The Bertz CT molecular complexity index is 761. The second-order valence-corrected chi connectivity index (χ2v) is 7.20. The maximum absolute atomic E-state index is 12.9. The third-order valence-corrected chi connectivity index (χ3v) is 5.50. The molecule has 136 valence electrons. The Hall–Kier alpha value is -1.87. The third-order valence-electron chi connectivity index (χ3n) is 4.40. The average Bonchev–Trinajstić information content (AvgIpc) is 3.20. The number of nitrogens with zero attached hydrogens (tertiary/aromatic N) is 3. The van der Waals surface area contributed by atoms with E-state index in [9.17, 15) is 18.0 Å². The molecule has 1 saturated heterocycles. The number of rotatable bonds is 3. The Morgan fingerprint density at radius 3 is 2.60 bits per heavy atom. The molecular weight excluding hydrogens is 355 g/mol. The van der Waals surface area contributed by atoms with Crippen LogP contribution in [0.1, 0.15) is 28.2 Å². The van der Waals surface area contributed by atoms with Gasteiger partial charge in [0.15, 0.2) is 0 Å². The van der Waals surface area contributed by atoms with Gasteiger partial charge in [0.25, 0.3) is 5.91 Å². The van der Waals surface area contributed by atoms with Crippen LogP contribution in [-0.2, 0) is 13.2 Å². The highest BCUT2D eigenvalue weighted by atomic mass is 32.1. The first-order chi connectivity index (χ1) is 11.8. The maximum atomic E-state index is 12.9. The summed E-state index contributed by atoms with van der Waals surface area (Å²) in [7, 11) is 1.25. The van der Waals surface area contributed by atoms with Crippen LogP contribution in [0.4, 0.5) is 13.2 Å². The van der Waals surface area contributed by atoms with Gasteiger partial charge in [-0.25, -0.2) is 0 Å². The number of aromatic nitrogens is 2. The van der Waals surface area contributed by atoms with Crippen LogP contribution in [0.15, 0.2) is 18.2 Å². The van der Waals surface area contributed by atoms with Gasteiger partial charge in [-0.15, -0.1) is 11.3 Å². The number of hydrogen-bond donors (Lipinski definition) is 1. The van der Waals surface area contributed by atoms with Crippen LogP contribution in [0, 0.1) is 5.92 Å². The number of likely N-dealkylation sites (tertiary alicyclic amines) is 1. The number of alkyl halides is 3. The van der Waals surface area contributed by atoms with E-state index >= 15 is 0 Å². The molecule has 0 aliphatic carbocycles. The first kappa shape index (κ1) is 17.9. The van der Waals surface area contributed by atoms with Gasteiger partial charge in [0.1, 0.15) is 11.4 Å². The van der Waals surface area contributed by atoms with Crippen molar-refractivity contribution in [2.45, 2.75) is 19.0 Å². The molecule has 3 rings (SSSR count). The Kier molecular flexibility index (Phi) is 4.88. The highest BCUT2D eigenvalue weighted by Crippen LogP contribution is 2.34. The van der Waals surface area contributed by atoms with Gasteiger partial charge in [-0.05, 0) is 37.0 Å². The van der Waals surface area contributed by atoms with Crippen LogP contribution < -0.4 is 0 Å². The van der Waals surface area contributed by atoms with Crippen LogP contribution in [-0.4, -0.2) is 45.4 Å². The molecule has 2 aromatic heterocycles. The van der Waals surface area contributed by atoms with Crippen LogP contribution in [0.3, 0.4) is 0 Å². The van der Waals surface area contributed by atoms with E-state index in [4.69, 9.17) is 5.11 Å². The van der Waals surface area contributed by atoms with Crippen molar-refractivity contribution in [1.82, 2.24) is 14.7 Å². The molecule has 0 spiro atoms. The van der Waals surface area contributed by atoms with E-state index in [2.05, 4.69) is 5.10 Å². The van der Waals surface area contributed by atoms with Crippen LogP contribution in [0.25, 0.3) is 10.6 Å². The number of thiophene rings is 1. The molecule has 0 aromatic carbocycles. The van der Waals surface area contributed by atoms with Crippen molar-refractivity contribution in [3.63, 3.8) is 0 Å². The SMILES string of the molecule is Cn1nc(-c2ccc(C(=O)N3CCC(CO)CC3)s2)cc1C(F)(F)F. The number of aliphatic hydroxyl groups excluding tert-OH is 1. The predicted octanol–water partition coefficient (Wildman–Crippen LogP) is 3.01. The Labute approximate surface area is 146 Å². The molecule has 0 atom stereocenters. The minimum atomic E-state index is -4.47. The summed E-state index contributed by atoms with van der Waals surface area (Å²) in [5.74, 6) is 0.108. The Morgan fingerprint density at radius 2 is 2.04 bits per heavy atom. The quantitative estimate of drug-likeness (QED) is 0.900. The fourth-order valence-corrected chi connectivity index (χ4v) is 3.85. The van der Waals surface area contributed by atoms with Crippen molar-refractivity contribution in [3.8, 4) is 10.6 Å². The summed E-state index contributed by atoms with van der Waals surface area (Å²) in [4.78, 5) is 15.3. The number of carbonyl (C=O) groups excluding carboxylic acids is 1. The largest absolute Gasteiger partial charge is 0.433 e. The lowest BCUT2D eigenvalue weighted by Crippen LogP contribution is -2.38. The van der Waals surface area contributed by atoms with Gasteiger partial charge < -0.3 is 10.0 Å². The van der Waals surface area contributed by atoms with Gasteiger partial charge in [0.05, 0.1) is 9.75 Å². The summed E-state index contributed by atoms with van der Waals surface area (Å²) in [5, 5.41) is 13.1. The predicted molar refractivity (Wildman–Crippen MR) is 87.2 cm³/mol. The van der Waals surface area contributed by atoms with E-state index in [1.807, 2.05) is 0 Å². The zero-order valence-electron chi connectivity index (χ0n) is 13.6. The molecule has 1 amide bonds. The van der Waals surface area contributed by atoms with Crippen molar-refractivity contribution in [1.29, 1.82) is 0 Å². The summed E-state index contributed by atoms with van der Waals surface area (Å²) in [6.45, 7) is 1.30. The van der Waals surface area contributed by atoms with Gasteiger partial charge in [0, 0.05) is 26.7 Å². The van der Waals surface area contributed by atoms with E-state index in [1.54, 1.807) is 17.0 Å².